The van der Waals surface area contributed by atoms with Crippen molar-refractivity contribution in [3.05, 3.63) is 24.3 Å². The molecule has 1 fully saturated rings. The lowest BCUT2D eigenvalue weighted by molar-refractivity contribution is 0.166. The molecule has 1 aromatic carbocycles. The molecule has 1 saturated heterocycles. The van der Waals surface area contributed by atoms with Gasteiger partial charge in [0.05, 0.1) is 19.3 Å². The molecule has 0 aromatic heterocycles. The maximum Gasteiger partial charge on any atom is 0.193 e. The number of piperidine rings is 1. The fourth-order valence-corrected chi connectivity index (χ4v) is 2.71. The molecule has 1 unspecified atom stereocenters. The third kappa shape index (κ3) is 5.64. The average molecular weight is 418 g/mol. The molecule has 1 aliphatic rings. The minimum Gasteiger partial charge on any atom is -0.495 e. The van der Waals surface area contributed by atoms with E-state index >= 15 is 0 Å². The van der Waals surface area contributed by atoms with Crippen LogP contribution in [0, 0.1) is 0 Å². The Balaban J connectivity index is 0.00000242. The summed E-state index contributed by atoms with van der Waals surface area (Å²) >= 11 is 0. The summed E-state index contributed by atoms with van der Waals surface area (Å²) in [6, 6.07) is 8.35. The summed E-state index contributed by atoms with van der Waals surface area (Å²) in [5, 5.41) is 3.09. The van der Waals surface area contributed by atoms with Crippen LogP contribution >= 0.6 is 24.0 Å². The number of halogens is 1. The first-order chi connectivity index (χ1) is 10.2. The van der Waals surface area contributed by atoms with Crippen molar-refractivity contribution in [2.45, 2.75) is 32.2 Å². The number of nitrogens with two attached hydrogens (primary N) is 1. The molecular formula is C16H27IN4O. The van der Waals surface area contributed by atoms with Crippen molar-refractivity contribution in [1.82, 2.24) is 4.90 Å². The highest BCUT2D eigenvalue weighted by Gasteiger charge is 2.17. The van der Waals surface area contributed by atoms with Crippen LogP contribution in [-0.2, 0) is 0 Å². The van der Waals surface area contributed by atoms with Gasteiger partial charge in [-0.25, -0.2) is 0 Å². The van der Waals surface area contributed by atoms with Crippen molar-refractivity contribution in [1.29, 1.82) is 0 Å². The van der Waals surface area contributed by atoms with Crippen molar-refractivity contribution in [3.8, 4) is 5.75 Å². The van der Waals surface area contributed by atoms with Crippen LogP contribution < -0.4 is 15.8 Å². The van der Waals surface area contributed by atoms with E-state index in [-0.39, 0.29) is 24.0 Å². The smallest absolute Gasteiger partial charge is 0.193 e. The maximum atomic E-state index is 5.94. The minimum atomic E-state index is 0. The third-order valence-electron chi connectivity index (χ3n) is 3.98. The minimum absolute atomic E-state index is 0. The van der Waals surface area contributed by atoms with Gasteiger partial charge in [-0.1, -0.05) is 18.6 Å². The Morgan fingerprint density at radius 3 is 2.91 bits per heavy atom. The monoisotopic (exact) mass is 418 g/mol. The number of likely N-dealkylation sites (tertiary alicyclic amines) is 1. The molecule has 0 radical (unpaired) electrons. The molecule has 3 N–H and O–H groups in total. The molecule has 2 rings (SSSR count). The van der Waals surface area contributed by atoms with Crippen LogP contribution in [0.4, 0.5) is 5.69 Å². The molecule has 5 nitrogen and oxygen atoms in total. The SMILES string of the molecule is COc1ccccc1NC(N)=NCCN1CCCCC1C.I. The van der Waals surface area contributed by atoms with Gasteiger partial charge >= 0.3 is 0 Å². The van der Waals surface area contributed by atoms with Gasteiger partial charge in [0.2, 0.25) is 0 Å². The van der Waals surface area contributed by atoms with E-state index in [4.69, 9.17) is 10.5 Å². The van der Waals surface area contributed by atoms with Crippen LogP contribution in [0.2, 0.25) is 0 Å². The molecule has 0 saturated carbocycles. The van der Waals surface area contributed by atoms with Gasteiger partial charge in [-0.2, -0.15) is 0 Å². The van der Waals surface area contributed by atoms with E-state index < -0.39 is 0 Å². The van der Waals surface area contributed by atoms with Crippen LogP contribution in [0.3, 0.4) is 0 Å². The third-order valence-corrected chi connectivity index (χ3v) is 3.98. The quantitative estimate of drug-likeness (QED) is 0.439. The van der Waals surface area contributed by atoms with E-state index in [1.807, 2.05) is 24.3 Å². The van der Waals surface area contributed by atoms with Crippen LogP contribution in [0.15, 0.2) is 29.3 Å². The molecule has 1 heterocycles. The van der Waals surface area contributed by atoms with Gasteiger partial charge in [0.25, 0.3) is 0 Å². The second kappa shape index (κ2) is 9.89. The zero-order valence-corrected chi connectivity index (χ0v) is 15.7. The van der Waals surface area contributed by atoms with Crippen molar-refractivity contribution in [2.24, 2.45) is 10.7 Å². The van der Waals surface area contributed by atoms with Crippen LogP contribution in [0.25, 0.3) is 0 Å². The number of guanidine groups is 1. The molecule has 1 aromatic rings. The Morgan fingerprint density at radius 1 is 1.41 bits per heavy atom. The fourth-order valence-electron chi connectivity index (χ4n) is 2.71. The van der Waals surface area contributed by atoms with E-state index in [0.717, 1.165) is 24.5 Å². The second-order valence-corrected chi connectivity index (χ2v) is 5.47. The first-order valence-corrected chi connectivity index (χ1v) is 7.64. The van der Waals surface area contributed by atoms with Crippen molar-refractivity contribution >= 4 is 35.6 Å². The molecule has 124 valence electrons. The van der Waals surface area contributed by atoms with Crippen molar-refractivity contribution in [2.75, 3.05) is 32.1 Å². The Hall–Kier alpha value is -1.02. The van der Waals surface area contributed by atoms with Crippen molar-refractivity contribution < 1.29 is 4.74 Å². The average Bonchev–Trinajstić information content (AvgIpc) is 2.50. The molecule has 0 amide bonds. The largest absolute Gasteiger partial charge is 0.495 e. The molecular weight excluding hydrogens is 391 g/mol. The van der Waals surface area contributed by atoms with Gasteiger partial charge in [0.1, 0.15) is 5.75 Å². The molecule has 0 bridgehead atoms. The normalized spacial score (nSPS) is 19.4. The van der Waals surface area contributed by atoms with E-state index in [2.05, 4.69) is 22.1 Å². The standard InChI is InChI=1S/C16H26N4O.HI/c1-13-7-5-6-11-20(13)12-10-18-16(17)19-14-8-3-4-9-15(14)21-2;/h3-4,8-9,13H,5-7,10-12H2,1-2H3,(H3,17,18,19);1H. The topological polar surface area (TPSA) is 62.9 Å². The number of rotatable bonds is 5. The zero-order valence-electron chi connectivity index (χ0n) is 13.4. The number of ether oxygens (including phenoxy) is 1. The summed E-state index contributed by atoms with van der Waals surface area (Å²) in [5.41, 5.74) is 6.78. The molecule has 1 atom stereocenters. The van der Waals surface area contributed by atoms with Gasteiger partial charge in [-0.05, 0) is 38.4 Å². The highest BCUT2D eigenvalue weighted by molar-refractivity contribution is 14.0. The number of methoxy groups -OCH3 is 1. The van der Waals surface area contributed by atoms with Gasteiger partial charge in [0, 0.05) is 12.6 Å². The van der Waals surface area contributed by atoms with Crippen LogP contribution in [0.5, 0.6) is 5.75 Å². The van der Waals surface area contributed by atoms with Gasteiger partial charge < -0.3 is 15.8 Å². The number of aliphatic imine (C=N–C) groups is 1. The molecule has 0 spiro atoms. The van der Waals surface area contributed by atoms with E-state index in [1.165, 1.54) is 25.8 Å². The highest BCUT2D eigenvalue weighted by Crippen LogP contribution is 2.22. The Morgan fingerprint density at radius 2 is 2.18 bits per heavy atom. The van der Waals surface area contributed by atoms with Crippen LogP contribution in [0.1, 0.15) is 26.2 Å². The summed E-state index contributed by atoms with van der Waals surface area (Å²) in [4.78, 5) is 6.90. The van der Waals surface area contributed by atoms with Gasteiger partial charge in [-0.15, -0.1) is 24.0 Å². The summed E-state index contributed by atoms with van der Waals surface area (Å²) in [6.45, 7) is 5.16. The number of nitrogens with one attached hydrogen (secondary N) is 1. The van der Waals surface area contributed by atoms with Crippen molar-refractivity contribution in [3.63, 3.8) is 0 Å². The lowest BCUT2D eigenvalue weighted by Crippen LogP contribution is -2.39. The summed E-state index contributed by atoms with van der Waals surface area (Å²) in [7, 11) is 1.64. The second-order valence-electron chi connectivity index (χ2n) is 5.47. The van der Waals surface area contributed by atoms with E-state index in [9.17, 15) is 0 Å². The predicted octanol–water partition coefficient (Wildman–Crippen LogP) is 2.91. The number of benzene rings is 1. The van der Waals surface area contributed by atoms with Gasteiger partial charge in [0.15, 0.2) is 5.96 Å². The zero-order chi connectivity index (χ0) is 15.1. The van der Waals surface area contributed by atoms with E-state index in [1.54, 1.807) is 7.11 Å². The van der Waals surface area contributed by atoms with Crippen LogP contribution in [-0.4, -0.2) is 43.6 Å². The first kappa shape index (κ1) is 19.0. The maximum absolute atomic E-state index is 5.94. The predicted molar refractivity (Wildman–Crippen MR) is 103 cm³/mol. The Kier molecular flexibility index (Phi) is 8.55. The molecule has 6 heteroatoms. The molecule has 1 aliphatic heterocycles. The number of hydrogen-bond donors (Lipinski definition) is 2. The molecule has 0 aliphatic carbocycles. The van der Waals surface area contributed by atoms with Gasteiger partial charge in [-0.3, -0.25) is 9.89 Å². The summed E-state index contributed by atoms with van der Waals surface area (Å²) < 4.78 is 5.28. The first-order valence-electron chi connectivity index (χ1n) is 7.64. The number of nitrogens with zero attached hydrogens (tertiary/aromatic N) is 2. The summed E-state index contributed by atoms with van der Waals surface area (Å²) in [5.74, 6) is 1.20. The molecule has 22 heavy (non-hydrogen) atoms. The lowest BCUT2D eigenvalue weighted by Gasteiger charge is -2.32. The number of anilines is 1. The number of para-hydroxylation sites is 2. The Bertz CT molecular complexity index is 481. The number of hydrogen-bond acceptors (Lipinski definition) is 3. The lowest BCUT2D eigenvalue weighted by atomic mass is 10.0. The van der Waals surface area contributed by atoms with E-state index in [0.29, 0.717) is 12.0 Å². The fraction of sp³-hybridized carbons (Fsp3) is 0.562. The summed E-state index contributed by atoms with van der Waals surface area (Å²) in [6.07, 6.45) is 3.93. The Labute approximate surface area is 150 Å². The highest BCUT2D eigenvalue weighted by atomic mass is 127.